The fourth-order valence-electron chi connectivity index (χ4n) is 4.59. The number of rotatable bonds is 9. The molecule has 9 heteroatoms. The van der Waals surface area contributed by atoms with E-state index in [9.17, 15) is 4.79 Å². The van der Waals surface area contributed by atoms with Gasteiger partial charge in [-0.15, -0.1) is 0 Å². The topological polar surface area (TPSA) is 80.9 Å². The summed E-state index contributed by atoms with van der Waals surface area (Å²) in [6, 6.07) is 17.5. The molecule has 1 amide bonds. The summed E-state index contributed by atoms with van der Waals surface area (Å²) in [5.41, 5.74) is 2.76. The zero-order valence-corrected chi connectivity index (χ0v) is 25.3. The normalized spacial score (nSPS) is 17.3. The van der Waals surface area contributed by atoms with Crippen molar-refractivity contribution in [2.45, 2.75) is 71.0 Å². The second kappa shape index (κ2) is 12.0. The largest absolute Gasteiger partial charge is 0.445 e. The number of benzene rings is 2. The first-order valence-electron chi connectivity index (χ1n) is 13.7. The van der Waals surface area contributed by atoms with Gasteiger partial charge in [0.25, 0.3) is 5.89 Å². The van der Waals surface area contributed by atoms with Gasteiger partial charge in [-0.3, -0.25) is 4.90 Å². The molecule has 1 aliphatic rings. The van der Waals surface area contributed by atoms with Crippen LogP contribution in [0.25, 0.3) is 11.5 Å². The first kappa shape index (κ1) is 29.0. The number of aromatic nitrogens is 2. The second-order valence-electron chi connectivity index (χ2n) is 12.0. The van der Waals surface area contributed by atoms with Crippen LogP contribution in [0.4, 0.5) is 4.79 Å². The van der Waals surface area contributed by atoms with Gasteiger partial charge in [-0.2, -0.15) is 4.98 Å². The molecule has 3 aromatic rings. The van der Waals surface area contributed by atoms with Gasteiger partial charge in [0.1, 0.15) is 6.61 Å². The van der Waals surface area contributed by atoms with E-state index >= 15 is 0 Å². The molecule has 210 valence electrons. The van der Waals surface area contributed by atoms with Gasteiger partial charge in [0.2, 0.25) is 0 Å². The quantitative estimate of drug-likeness (QED) is 0.283. The number of hydrogen-bond acceptors (Lipinski definition) is 7. The van der Waals surface area contributed by atoms with Crippen LogP contribution in [0.2, 0.25) is 18.1 Å². The summed E-state index contributed by atoms with van der Waals surface area (Å²) >= 11 is 0. The van der Waals surface area contributed by atoms with Gasteiger partial charge in [0, 0.05) is 32.2 Å². The van der Waals surface area contributed by atoms with E-state index in [1.807, 2.05) is 54.6 Å². The molecule has 1 aromatic heterocycles. The summed E-state index contributed by atoms with van der Waals surface area (Å²) in [7, 11) is -0.0568. The van der Waals surface area contributed by atoms with E-state index in [-0.39, 0.29) is 29.9 Å². The van der Waals surface area contributed by atoms with Crippen molar-refractivity contribution in [3.63, 3.8) is 0 Å². The lowest BCUT2D eigenvalue weighted by Gasteiger charge is -2.38. The summed E-state index contributed by atoms with van der Waals surface area (Å²) in [6.45, 7) is 15.9. The maximum absolute atomic E-state index is 13.3. The number of amides is 1. The lowest BCUT2D eigenvalue weighted by atomic mass is 10.0. The van der Waals surface area contributed by atoms with Crippen molar-refractivity contribution in [2.75, 3.05) is 26.7 Å². The minimum Gasteiger partial charge on any atom is -0.445 e. The van der Waals surface area contributed by atoms with Gasteiger partial charge < -0.3 is 18.6 Å². The standard InChI is InChI=1S/C30H42N4O4Si/c1-22-31-28(37-32-22)25-15-11-14-24(18-25)27(33(5)29(35)36-21-23-12-9-8-10-13-23)20-34-17-16-26(19-34)38-39(6,7)30(2,3)4/h8-15,18,26-27H,16-17,19-21H2,1-7H3/t26-,27+/m0/s1. The van der Waals surface area contributed by atoms with Crippen molar-refractivity contribution in [2.24, 2.45) is 0 Å². The van der Waals surface area contributed by atoms with Crippen LogP contribution in [0.1, 0.15) is 50.2 Å². The smallest absolute Gasteiger partial charge is 0.410 e. The highest BCUT2D eigenvalue weighted by Crippen LogP contribution is 2.38. The first-order valence-corrected chi connectivity index (χ1v) is 16.6. The number of aryl methyl sites for hydroxylation is 1. The SMILES string of the molecule is Cc1noc(-c2cccc([C@@H](CN3CC[C@H](O[Si](C)(C)C(C)(C)C)C3)N(C)C(=O)OCc3ccccc3)c2)n1. The predicted octanol–water partition coefficient (Wildman–Crippen LogP) is 6.45. The monoisotopic (exact) mass is 550 g/mol. The van der Waals surface area contributed by atoms with Gasteiger partial charge in [0.15, 0.2) is 14.1 Å². The van der Waals surface area contributed by atoms with E-state index in [0.717, 1.165) is 36.2 Å². The summed E-state index contributed by atoms with van der Waals surface area (Å²) in [5.74, 6) is 1.05. The van der Waals surface area contributed by atoms with Crippen LogP contribution in [0.3, 0.4) is 0 Å². The molecule has 0 bridgehead atoms. The Bertz CT molecular complexity index is 1240. The molecule has 39 heavy (non-hydrogen) atoms. The average Bonchev–Trinajstić information content (AvgIpc) is 3.53. The van der Waals surface area contributed by atoms with E-state index in [1.54, 1.807) is 18.9 Å². The van der Waals surface area contributed by atoms with Gasteiger partial charge in [-0.1, -0.05) is 68.4 Å². The third-order valence-corrected chi connectivity index (χ3v) is 12.5. The van der Waals surface area contributed by atoms with Crippen LogP contribution >= 0.6 is 0 Å². The molecule has 0 aliphatic carbocycles. The van der Waals surface area contributed by atoms with Crippen LogP contribution in [-0.4, -0.2) is 67.1 Å². The fourth-order valence-corrected chi connectivity index (χ4v) is 5.97. The Balaban J connectivity index is 1.52. The zero-order valence-electron chi connectivity index (χ0n) is 24.3. The van der Waals surface area contributed by atoms with E-state index in [1.165, 1.54) is 0 Å². The summed E-state index contributed by atoms with van der Waals surface area (Å²) in [6.07, 6.45) is 0.827. The highest BCUT2D eigenvalue weighted by atomic mass is 28.4. The molecule has 0 spiro atoms. The van der Waals surface area contributed by atoms with Crippen molar-refractivity contribution < 1.29 is 18.5 Å². The molecule has 0 saturated carbocycles. The molecule has 1 fully saturated rings. The van der Waals surface area contributed by atoms with E-state index in [4.69, 9.17) is 13.7 Å². The average molecular weight is 551 g/mol. The Kier molecular flexibility index (Phi) is 8.93. The lowest BCUT2D eigenvalue weighted by molar-refractivity contribution is 0.0819. The Morgan fingerprint density at radius 2 is 1.92 bits per heavy atom. The molecule has 8 nitrogen and oxygen atoms in total. The lowest BCUT2D eigenvalue weighted by Crippen LogP contribution is -2.45. The minimum absolute atomic E-state index is 0.166. The van der Waals surface area contributed by atoms with Crippen molar-refractivity contribution in [3.8, 4) is 11.5 Å². The van der Waals surface area contributed by atoms with Crippen LogP contribution < -0.4 is 0 Å². The predicted molar refractivity (Wildman–Crippen MR) is 155 cm³/mol. The number of nitrogens with zero attached hydrogens (tertiary/aromatic N) is 4. The third-order valence-electron chi connectivity index (χ3n) is 7.93. The maximum atomic E-state index is 13.3. The molecule has 1 saturated heterocycles. The third kappa shape index (κ3) is 7.35. The highest BCUT2D eigenvalue weighted by molar-refractivity contribution is 6.74. The Morgan fingerprint density at radius 3 is 2.59 bits per heavy atom. The van der Waals surface area contributed by atoms with E-state index in [0.29, 0.717) is 18.3 Å². The van der Waals surface area contributed by atoms with Crippen LogP contribution in [0, 0.1) is 6.92 Å². The molecule has 2 heterocycles. The maximum Gasteiger partial charge on any atom is 0.410 e. The fraction of sp³-hybridized carbons (Fsp3) is 0.500. The second-order valence-corrected chi connectivity index (χ2v) is 16.7. The number of carbonyl (C=O) groups is 1. The van der Waals surface area contributed by atoms with Crippen molar-refractivity contribution >= 4 is 14.4 Å². The van der Waals surface area contributed by atoms with Gasteiger partial charge in [0.05, 0.1) is 12.1 Å². The number of likely N-dealkylation sites (N-methyl/N-ethyl adjacent to an activating group) is 1. The summed E-state index contributed by atoms with van der Waals surface area (Å²) < 4.78 is 17.8. The zero-order chi connectivity index (χ0) is 28.2. The Labute approximate surface area is 233 Å². The molecule has 0 N–H and O–H groups in total. The molecule has 0 radical (unpaired) electrons. The molecule has 1 aliphatic heterocycles. The van der Waals surface area contributed by atoms with Crippen molar-refractivity contribution in [1.29, 1.82) is 0 Å². The molecular weight excluding hydrogens is 508 g/mol. The Morgan fingerprint density at radius 1 is 1.18 bits per heavy atom. The summed E-state index contributed by atoms with van der Waals surface area (Å²) in [5, 5.41) is 4.10. The Hall–Kier alpha value is -3.01. The first-order chi connectivity index (χ1) is 18.4. The van der Waals surface area contributed by atoms with Gasteiger partial charge in [-0.25, -0.2) is 4.79 Å². The molecular formula is C30H42N4O4Si. The van der Waals surface area contributed by atoms with Crippen LogP contribution in [-0.2, 0) is 15.8 Å². The number of carbonyl (C=O) groups excluding carboxylic acids is 1. The van der Waals surface area contributed by atoms with Crippen LogP contribution in [0.15, 0.2) is 59.1 Å². The summed E-state index contributed by atoms with van der Waals surface area (Å²) in [4.78, 5) is 21.7. The molecule has 2 aromatic carbocycles. The van der Waals surface area contributed by atoms with Gasteiger partial charge in [-0.05, 0) is 54.7 Å². The van der Waals surface area contributed by atoms with Crippen LogP contribution in [0.5, 0.6) is 0 Å². The molecule has 0 unspecified atom stereocenters. The van der Waals surface area contributed by atoms with Crippen molar-refractivity contribution in [3.05, 3.63) is 71.5 Å². The number of hydrogen-bond donors (Lipinski definition) is 0. The van der Waals surface area contributed by atoms with Crippen molar-refractivity contribution in [1.82, 2.24) is 19.9 Å². The minimum atomic E-state index is -1.86. The van der Waals surface area contributed by atoms with Gasteiger partial charge >= 0.3 is 6.09 Å². The van der Waals surface area contributed by atoms with E-state index in [2.05, 4.69) is 48.9 Å². The highest BCUT2D eigenvalue weighted by Gasteiger charge is 2.41. The molecule has 4 rings (SSSR count). The number of ether oxygens (including phenoxy) is 1. The number of likely N-dealkylation sites (tertiary alicyclic amines) is 1. The van der Waals surface area contributed by atoms with E-state index < -0.39 is 8.32 Å². The molecule has 2 atom stereocenters.